The fourth-order valence-corrected chi connectivity index (χ4v) is 2.84. The highest BCUT2D eigenvalue weighted by Crippen LogP contribution is 2.64. The van der Waals surface area contributed by atoms with Crippen LogP contribution in [0.4, 0.5) is 101 Å². The predicted octanol–water partition coefficient (Wildman–Crippen LogP) is 10.1. The smallest absolute Gasteiger partial charge is 0.192 e. The predicted molar refractivity (Wildman–Crippen MR) is 97.6 cm³/mol. The van der Waals surface area contributed by atoms with Gasteiger partial charge < -0.3 is 0 Å². The van der Waals surface area contributed by atoms with Crippen molar-refractivity contribution in [1.29, 1.82) is 0 Å². The highest BCUT2D eigenvalue weighted by Gasteiger charge is 2.95. The Balaban J connectivity index is 0. The van der Waals surface area contributed by atoms with Crippen LogP contribution in [-0.4, -0.2) is 59.4 Å². The average molecular weight is 950 g/mol. The summed E-state index contributed by atoms with van der Waals surface area (Å²) >= 11 is -1.04. The molecule has 26 heteroatoms. The standard InChI is InChI=1S/C8F17I.C3F6I2/c9-1(10,3(13,14)5(17,18)7(21,22)23)2(11,12)4(15,16)6(19,20)8(24,25)26;4-1(5,2(6,7)10)3(8,9)11. The summed E-state index contributed by atoms with van der Waals surface area (Å²) in [7, 11) is 0. The van der Waals surface area contributed by atoms with Crippen molar-refractivity contribution in [2.75, 3.05) is 0 Å². The maximum Gasteiger partial charge on any atom is 0.460 e. The van der Waals surface area contributed by atoms with Crippen molar-refractivity contribution in [2.24, 2.45) is 0 Å². The van der Waals surface area contributed by atoms with Gasteiger partial charge in [0.25, 0.3) is 0 Å². The Bertz CT molecular complexity index is 714. The minimum atomic E-state index is -8.56. The third-order valence-corrected chi connectivity index (χ3v) is 5.43. The number of halogens is 26. The van der Waals surface area contributed by atoms with Crippen molar-refractivity contribution in [3.8, 4) is 0 Å². The average Bonchev–Trinajstić information content (AvgIpc) is 2.57. The van der Waals surface area contributed by atoms with Crippen LogP contribution in [-0.2, 0) is 0 Å². The Morgan fingerprint density at radius 1 is 0.216 bits per heavy atom. The van der Waals surface area contributed by atoms with Gasteiger partial charge in [0.05, 0.1) is 0 Å². The van der Waals surface area contributed by atoms with E-state index in [1.165, 1.54) is 0 Å². The second-order valence-corrected chi connectivity index (χ2v) is 10.1. The highest BCUT2D eigenvalue weighted by molar-refractivity contribution is 14.1. The van der Waals surface area contributed by atoms with E-state index in [2.05, 4.69) is 0 Å². The zero-order chi connectivity index (χ0) is 31.5. The van der Waals surface area contributed by atoms with E-state index in [0.29, 0.717) is 0 Å². The van der Waals surface area contributed by atoms with Crippen molar-refractivity contribution < 1.29 is 101 Å². The largest absolute Gasteiger partial charge is 0.460 e. The maximum atomic E-state index is 12.9. The molecule has 0 aromatic heterocycles. The van der Waals surface area contributed by atoms with Gasteiger partial charge in [-0.15, -0.1) is 0 Å². The van der Waals surface area contributed by atoms with Gasteiger partial charge in [0, 0.05) is 67.8 Å². The second-order valence-electron chi connectivity index (χ2n) is 6.01. The number of rotatable bonds is 8. The minimum absolute atomic E-state index is 0.0235. The molecule has 0 bridgehead atoms. The summed E-state index contributed by atoms with van der Waals surface area (Å²) in [6, 6.07) is 0. The van der Waals surface area contributed by atoms with Crippen LogP contribution < -0.4 is 0 Å². The normalized spacial score (nSPS) is 16.4. The molecule has 226 valence electrons. The quantitative estimate of drug-likeness (QED) is 0.129. The summed E-state index contributed by atoms with van der Waals surface area (Å²) in [6.45, 7) is 0. The Hall–Kier alpha value is 0.580. The van der Waals surface area contributed by atoms with Gasteiger partial charge in [-0.05, 0) is 0 Å². The molecule has 0 aromatic rings. The SMILES string of the molecule is FC(F)(F)C(F)(F)C(F)(F)C(F)(F)C(F)(F)C(F)(F)C(F)(F)C(F)(F)I.FC(F)(I)C(F)(F)C(F)(F)I. The van der Waals surface area contributed by atoms with Crippen LogP contribution in [0, 0.1) is 0 Å². The van der Waals surface area contributed by atoms with Gasteiger partial charge in [0.1, 0.15) is 0 Å². The van der Waals surface area contributed by atoms with Gasteiger partial charge in [-0.3, -0.25) is 0 Å². The van der Waals surface area contributed by atoms with Gasteiger partial charge in [-0.2, -0.15) is 101 Å². The van der Waals surface area contributed by atoms with Crippen LogP contribution in [0.1, 0.15) is 0 Å². The molecule has 0 atom stereocenters. The second kappa shape index (κ2) is 10.4. The van der Waals surface area contributed by atoms with Crippen LogP contribution in [0.3, 0.4) is 0 Å². The molecule has 0 heterocycles. The van der Waals surface area contributed by atoms with Crippen molar-refractivity contribution in [1.82, 2.24) is 0 Å². The van der Waals surface area contributed by atoms with Crippen molar-refractivity contribution in [2.45, 2.75) is 59.4 Å². The zero-order valence-electron chi connectivity index (χ0n) is 15.3. The minimum Gasteiger partial charge on any atom is -0.192 e. The molecule has 0 aliphatic carbocycles. The molecule has 0 unspecified atom stereocenters. The molecule has 0 nitrogen and oxygen atoms in total. The Morgan fingerprint density at radius 2 is 0.378 bits per heavy atom. The first-order valence-electron chi connectivity index (χ1n) is 7.16. The van der Waals surface area contributed by atoms with E-state index in [0.717, 1.165) is 0 Å². The molecular formula is C11F23I3. The van der Waals surface area contributed by atoms with E-state index in [1.54, 1.807) is 0 Å². The molecule has 0 radical (unpaired) electrons. The van der Waals surface area contributed by atoms with Crippen LogP contribution >= 0.6 is 67.8 Å². The summed E-state index contributed by atoms with van der Waals surface area (Å²) in [4.78, 5) is 0. The first-order valence-corrected chi connectivity index (χ1v) is 10.4. The number of alkyl halides is 26. The molecule has 0 rings (SSSR count). The van der Waals surface area contributed by atoms with Gasteiger partial charge in [-0.25, -0.2) is 0 Å². The lowest BCUT2D eigenvalue weighted by Gasteiger charge is -2.42. The summed E-state index contributed by atoms with van der Waals surface area (Å²) in [5.41, 5.74) is 0. The summed E-state index contributed by atoms with van der Waals surface area (Å²) in [5.74, 6) is -54.7. The van der Waals surface area contributed by atoms with Crippen molar-refractivity contribution in [3.63, 3.8) is 0 Å². The lowest BCUT2D eigenvalue weighted by Crippen LogP contribution is -2.74. The maximum absolute atomic E-state index is 12.9. The summed E-state index contributed by atoms with van der Waals surface area (Å²) in [5, 5.41) is 0. The van der Waals surface area contributed by atoms with Crippen LogP contribution in [0.5, 0.6) is 0 Å². The topological polar surface area (TPSA) is 0 Å². The molecule has 0 aliphatic rings. The molecule has 0 amide bonds. The third kappa shape index (κ3) is 6.57. The molecule has 0 spiro atoms. The van der Waals surface area contributed by atoms with E-state index in [4.69, 9.17) is 0 Å². The Labute approximate surface area is 227 Å². The van der Waals surface area contributed by atoms with E-state index < -0.39 is 82.0 Å². The van der Waals surface area contributed by atoms with Gasteiger partial charge in [-0.1, -0.05) is 0 Å². The van der Waals surface area contributed by atoms with Crippen molar-refractivity contribution >= 4 is 67.8 Å². The number of hydrogen-bond acceptors (Lipinski definition) is 0. The molecule has 0 aliphatic heterocycles. The summed E-state index contributed by atoms with van der Waals surface area (Å²) in [6.07, 6.45) is -7.74. The Morgan fingerprint density at radius 3 is 0.514 bits per heavy atom. The fraction of sp³-hybridized carbons (Fsp3) is 1.00. The lowest BCUT2D eigenvalue weighted by molar-refractivity contribution is -0.457. The van der Waals surface area contributed by atoms with Gasteiger partial charge >= 0.3 is 59.4 Å². The van der Waals surface area contributed by atoms with Crippen LogP contribution in [0.25, 0.3) is 0 Å². The van der Waals surface area contributed by atoms with E-state index >= 15 is 0 Å². The number of hydrogen-bond donors (Lipinski definition) is 0. The zero-order valence-corrected chi connectivity index (χ0v) is 21.8. The molecule has 0 N–H and O–H groups in total. The van der Waals surface area contributed by atoms with Gasteiger partial charge in [0.2, 0.25) is 0 Å². The Kier molecular flexibility index (Phi) is 11.2. The first-order chi connectivity index (χ1) is 15.2. The third-order valence-electron chi connectivity index (χ3n) is 3.40. The van der Waals surface area contributed by atoms with E-state index in [9.17, 15) is 101 Å². The molecule has 37 heavy (non-hydrogen) atoms. The van der Waals surface area contributed by atoms with E-state index in [1.807, 2.05) is 0 Å². The molecule has 0 aromatic carbocycles. The molecule has 0 saturated carbocycles. The monoisotopic (exact) mass is 950 g/mol. The van der Waals surface area contributed by atoms with Gasteiger partial charge in [0.15, 0.2) is 0 Å². The van der Waals surface area contributed by atoms with Crippen LogP contribution in [0.2, 0.25) is 0 Å². The first kappa shape index (κ1) is 39.7. The fourth-order valence-electron chi connectivity index (χ4n) is 1.31. The van der Waals surface area contributed by atoms with E-state index in [-0.39, 0.29) is 45.2 Å². The molecule has 0 fully saturated rings. The molecule has 0 saturated heterocycles. The summed E-state index contributed by atoms with van der Waals surface area (Å²) < 4.78 is 268. The van der Waals surface area contributed by atoms with Crippen molar-refractivity contribution in [3.05, 3.63) is 0 Å². The highest BCUT2D eigenvalue weighted by atomic mass is 127. The van der Waals surface area contributed by atoms with Crippen LogP contribution in [0.15, 0.2) is 0 Å². The molecular weight excluding hydrogens is 950 g/mol. The lowest BCUT2D eigenvalue weighted by atomic mass is 9.91.